The fraction of sp³-hybridized carbons (Fsp3) is 0.286. The van der Waals surface area contributed by atoms with Crippen molar-refractivity contribution >= 4 is 12.2 Å². The number of nitrogens with one attached hydrogen (secondary N) is 2. The summed E-state index contributed by atoms with van der Waals surface area (Å²) in [6.45, 7) is 0.861. The lowest BCUT2D eigenvalue weighted by Crippen LogP contribution is -2.29. The van der Waals surface area contributed by atoms with Crippen LogP contribution in [0.2, 0.25) is 0 Å². The fourth-order valence-corrected chi connectivity index (χ4v) is 5.67. The largest absolute Gasteiger partial charge is 0.465 e. The maximum Gasteiger partial charge on any atom is 0.407 e. The average molecular weight is 549 g/mol. The molecular weight excluding hydrogens is 522 g/mol. The maximum absolute atomic E-state index is 15.2. The minimum atomic E-state index is -1.01. The number of H-pyrrole nitrogens is 2. The molecule has 0 unspecified atom stereocenters. The van der Waals surface area contributed by atoms with Gasteiger partial charge in [-0.2, -0.15) is 0 Å². The van der Waals surface area contributed by atoms with Crippen molar-refractivity contribution in [3.05, 3.63) is 72.1 Å². The number of benzene rings is 2. The Hall–Kier alpha value is -4.74. The molecule has 2 amide bonds. The second-order valence-corrected chi connectivity index (χ2v) is 10.0. The second-order valence-electron chi connectivity index (χ2n) is 10.0. The van der Waals surface area contributed by atoms with E-state index in [0.29, 0.717) is 60.1 Å². The summed E-state index contributed by atoms with van der Waals surface area (Å²) >= 11 is 0. The third-order valence-corrected chi connectivity index (χ3v) is 7.67. The van der Waals surface area contributed by atoms with E-state index in [-0.39, 0.29) is 11.1 Å². The van der Waals surface area contributed by atoms with Gasteiger partial charge in [-0.05, 0) is 61.1 Å². The van der Waals surface area contributed by atoms with E-state index in [1.54, 1.807) is 24.3 Å². The van der Waals surface area contributed by atoms with E-state index in [1.807, 2.05) is 0 Å². The molecule has 40 heavy (non-hydrogen) atoms. The zero-order chi connectivity index (χ0) is 28.0. The standard InChI is InChI=1S/C28H26F2N6O4/c29-19-11-15(5-7-17(19)21-13-31-25(33-21)23-3-1-9-35(23)27(37)38)16-6-8-18(20(30)12-16)22-14-32-26(34-22)24-4-2-10-36(24)28(39)40/h5-8,11-14,23-24H,1-4,9-10H2,(H,31,33)(H,32,34)(H,37,38)(H,39,40)/t23-,24-/m0/s1. The number of rotatable bonds is 5. The topological polar surface area (TPSA) is 138 Å². The van der Waals surface area contributed by atoms with Crippen molar-refractivity contribution in [3.63, 3.8) is 0 Å². The lowest BCUT2D eigenvalue weighted by atomic mass is 10.00. The van der Waals surface area contributed by atoms with Gasteiger partial charge in [-0.15, -0.1) is 0 Å². The SMILES string of the molecule is O=C(O)N1CCC[C@H]1c1ncc(-c2ccc(-c3ccc(-c4cnc([C@@H]5CCCN5C(=O)O)[nH]4)c(F)c3)cc2F)[nH]1. The van der Waals surface area contributed by atoms with E-state index in [1.165, 1.54) is 34.3 Å². The van der Waals surface area contributed by atoms with Gasteiger partial charge in [0.25, 0.3) is 0 Å². The molecule has 2 aromatic carbocycles. The Morgan fingerprint density at radius 1 is 0.750 bits per heavy atom. The lowest BCUT2D eigenvalue weighted by molar-refractivity contribution is 0.138. The predicted molar refractivity (Wildman–Crippen MR) is 140 cm³/mol. The van der Waals surface area contributed by atoms with Crippen LogP contribution in [0.1, 0.15) is 49.4 Å². The third-order valence-electron chi connectivity index (χ3n) is 7.67. The molecule has 2 atom stereocenters. The van der Waals surface area contributed by atoms with E-state index >= 15 is 8.78 Å². The monoisotopic (exact) mass is 548 g/mol. The minimum Gasteiger partial charge on any atom is -0.465 e. The van der Waals surface area contributed by atoms with Gasteiger partial charge in [0, 0.05) is 24.2 Å². The van der Waals surface area contributed by atoms with Crippen LogP contribution in [0, 0.1) is 11.6 Å². The van der Waals surface area contributed by atoms with Crippen molar-refractivity contribution in [2.45, 2.75) is 37.8 Å². The second kappa shape index (κ2) is 10.1. The van der Waals surface area contributed by atoms with Crippen molar-refractivity contribution in [3.8, 4) is 33.6 Å². The summed E-state index contributed by atoms with van der Waals surface area (Å²) < 4.78 is 30.4. The predicted octanol–water partition coefficient (Wildman–Crippen LogP) is 6.04. The zero-order valence-electron chi connectivity index (χ0n) is 21.3. The third kappa shape index (κ3) is 4.55. The number of amides is 2. The Kier molecular flexibility index (Phi) is 6.45. The van der Waals surface area contributed by atoms with Gasteiger partial charge in [0.15, 0.2) is 0 Å². The smallest absolute Gasteiger partial charge is 0.407 e. The van der Waals surface area contributed by atoms with Crippen LogP contribution >= 0.6 is 0 Å². The molecule has 4 aromatic rings. The molecular formula is C28H26F2N6O4. The van der Waals surface area contributed by atoms with E-state index in [0.717, 1.165) is 12.8 Å². The zero-order valence-corrected chi connectivity index (χ0v) is 21.3. The Balaban J connectivity index is 1.22. The number of nitrogens with zero attached hydrogens (tertiary/aromatic N) is 4. The van der Waals surface area contributed by atoms with Crippen LogP contribution in [-0.2, 0) is 0 Å². The molecule has 0 radical (unpaired) electrons. The van der Waals surface area contributed by atoms with E-state index in [4.69, 9.17) is 0 Å². The van der Waals surface area contributed by atoms with Gasteiger partial charge < -0.3 is 20.2 Å². The summed E-state index contributed by atoms with van der Waals surface area (Å²) in [5, 5.41) is 18.8. The number of aromatic amines is 2. The quantitative estimate of drug-likeness (QED) is 0.240. The van der Waals surface area contributed by atoms with Gasteiger partial charge in [0.1, 0.15) is 23.3 Å². The summed E-state index contributed by atoms with van der Waals surface area (Å²) in [5.41, 5.74) is 2.35. The van der Waals surface area contributed by atoms with Gasteiger partial charge >= 0.3 is 12.2 Å². The summed E-state index contributed by atoms with van der Waals surface area (Å²) in [6, 6.07) is 8.37. The number of hydrogen-bond acceptors (Lipinski definition) is 4. The molecule has 2 saturated heterocycles. The molecule has 0 aliphatic carbocycles. The Morgan fingerprint density at radius 3 is 1.55 bits per heavy atom. The first-order chi connectivity index (χ1) is 19.3. The summed E-state index contributed by atoms with van der Waals surface area (Å²) in [6.07, 6.45) is 3.70. The van der Waals surface area contributed by atoms with Crippen LogP contribution in [0.25, 0.3) is 33.6 Å². The van der Waals surface area contributed by atoms with E-state index in [9.17, 15) is 19.8 Å². The van der Waals surface area contributed by atoms with Crippen LogP contribution in [0.3, 0.4) is 0 Å². The lowest BCUT2D eigenvalue weighted by Gasteiger charge is -2.19. The molecule has 4 heterocycles. The molecule has 12 heteroatoms. The minimum absolute atomic E-state index is 0.270. The van der Waals surface area contributed by atoms with Gasteiger partial charge in [-0.25, -0.2) is 28.3 Å². The molecule has 2 aliphatic rings. The molecule has 0 bridgehead atoms. The van der Waals surface area contributed by atoms with Crippen molar-refractivity contribution < 1.29 is 28.6 Å². The highest BCUT2D eigenvalue weighted by Gasteiger charge is 2.33. The highest BCUT2D eigenvalue weighted by Crippen LogP contribution is 2.35. The van der Waals surface area contributed by atoms with Crippen molar-refractivity contribution in [2.24, 2.45) is 0 Å². The number of imidazole rings is 2. The normalized spacial score (nSPS) is 18.9. The molecule has 206 valence electrons. The van der Waals surface area contributed by atoms with Crippen LogP contribution in [0.5, 0.6) is 0 Å². The Labute approximate surface area is 227 Å². The maximum atomic E-state index is 15.2. The van der Waals surface area contributed by atoms with Crippen LogP contribution in [-0.4, -0.2) is 65.2 Å². The van der Waals surface area contributed by atoms with Crippen LogP contribution in [0.4, 0.5) is 18.4 Å². The average Bonchev–Trinajstić information content (AvgIpc) is 3.73. The van der Waals surface area contributed by atoms with Gasteiger partial charge in [-0.1, -0.05) is 12.1 Å². The Bertz CT molecular complexity index is 1480. The Morgan fingerprint density at radius 2 is 1.18 bits per heavy atom. The highest BCUT2D eigenvalue weighted by molar-refractivity contribution is 5.72. The molecule has 10 nitrogen and oxygen atoms in total. The molecule has 2 aliphatic heterocycles. The molecule has 6 rings (SSSR count). The molecule has 2 aromatic heterocycles. The van der Waals surface area contributed by atoms with Gasteiger partial charge in [-0.3, -0.25) is 9.80 Å². The van der Waals surface area contributed by atoms with Crippen LogP contribution in [0.15, 0.2) is 48.8 Å². The van der Waals surface area contributed by atoms with E-state index < -0.39 is 35.9 Å². The van der Waals surface area contributed by atoms with Crippen LogP contribution < -0.4 is 0 Å². The number of aromatic nitrogens is 4. The number of likely N-dealkylation sites (tertiary alicyclic amines) is 2. The van der Waals surface area contributed by atoms with Crippen molar-refractivity contribution in [1.82, 2.24) is 29.7 Å². The summed E-state index contributed by atoms with van der Waals surface area (Å²) in [4.78, 5) is 40.3. The van der Waals surface area contributed by atoms with Crippen molar-refractivity contribution in [1.29, 1.82) is 0 Å². The van der Waals surface area contributed by atoms with Crippen molar-refractivity contribution in [2.75, 3.05) is 13.1 Å². The first-order valence-corrected chi connectivity index (χ1v) is 13.0. The number of hydrogen-bond donors (Lipinski definition) is 4. The molecule has 2 fully saturated rings. The fourth-order valence-electron chi connectivity index (χ4n) is 5.67. The van der Waals surface area contributed by atoms with Gasteiger partial charge in [0.05, 0.1) is 35.9 Å². The summed E-state index contributed by atoms with van der Waals surface area (Å²) in [5.74, 6) is -0.115. The highest BCUT2D eigenvalue weighted by atomic mass is 19.1. The molecule has 0 spiro atoms. The van der Waals surface area contributed by atoms with E-state index in [2.05, 4.69) is 19.9 Å². The van der Waals surface area contributed by atoms with Gasteiger partial charge in [0.2, 0.25) is 0 Å². The molecule has 4 N–H and O–H groups in total. The number of halogens is 2. The summed E-state index contributed by atoms with van der Waals surface area (Å²) in [7, 11) is 0. The number of carboxylic acid groups (broad SMARTS) is 2. The first-order valence-electron chi connectivity index (χ1n) is 13.0. The molecule has 0 saturated carbocycles. The number of carbonyl (C=O) groups is 2. The first kappa shape index (κ1) is 25.5.